The maximum absolute atomic E-state index is 6.26. The fourth-order valence-electron chi connectivity index (χ4n) is 4.64. The third-order valence-electron chi connectivity index (χ3n) is 6.04. The van der Waals surface area contributed by atoms with E-state index in [0.29, 0.717) is 6.42 Å². The molecule has 24 heavy (non-hydrogen) atoms. The Morgan fingerprint density at radius 2 is 1.12 bits per heavy atom. The van der Waals surface area contributed by atoms with Crippen molar-refractivity contribution in [3.8, 4) is 0 Å². The van der Waals surface area contributed by atoms with E-state index in [9.17, 15) is 0 Å². The molecule has 2 fully saturated rings. The number of hydrogen-bond donors (Lipinski definition) is 0. The van der Waals surface area contributed by atoms with Gasteiger partial charge in [0.25, 0.3) is 0 Å². The van der Waals surface area contributed by atoms with E-state index in [4.69, 9.17) is 19.5 Å². The number of nitrogens with zero attached hydrogens (tertiary/aromatic N) is 2. The number of hydrogen-bond acceptors (Lipinski definition) is 4. The Kier molecular flexibility index (Phi) is 7.84. The van der Waals surface area contributed by atoms with E-state index in [-0.39, 0.29) is 73.7 Å². The average Bonchev–Trinajstić information content (AvgIpc) is 3.17. The van der Waals surface area contributed by atoms with Gasteiger partial charge in [-0.2, -0.15) is 0 Å². The van der Waals surface area contributed by atoms with Crippen LogP contribution in [-0.2, 0) is 26.0 Å². The molecule has 0 aromatic heterocycles. The molecule has 7 heteroatoms. The quantitative estimate of drug-likeness (QED) is 0.392. The molecular weight excluding hydrogens is 483 g/mol. The van der Waals surface area contributed by atoms with E-state index in [1.54, 1.807) is 0 Å². The number of rotatable bonds is 2. The van der Waals surface area contributed by atoms with Crippen LogP contribution in [0.5, 0.6) is 0 Å². The molecule has 0 aromatic carbocycles. The molecule has 0 radical (unpaired) electrons. The first-order valence-corrected chi connectivity index (χ1v) is 8.63. The van der Waals surface area contributed by atoms with Crippen molar-refractivity contribution in [3.63, 3.8) is 0 Å². The largest absolute Gasteiger partial charge is 2.00 e. The van der Waals surface area contributed by atoms with Gasteiger partial charge in [-0.25, -0.2) is 9.98 Å². The predicted octanol–water partition coefficient (Wildman–Crippen LogP) is -2.36. The first kappa shape index (κ1) is 22.4. The number of halogens is 2. The summed E-state index contributed by atoms with van der Waals surface area (Å²) in [6.45, 7) is 4.38. The summed E-state index contributed by atoms with van der Waals surface area (Å²) in [5.74, 6) is 1.70. The molecule has 0 aromatic rings. The van der Waals surface area contributed by atoms with Crippen molar-refractivity contribution in [1.29, 1.82) is 0 Å². The second-order valence-corrected chi connectivity index (χ2v) is 7.32. The molecule has 2 atom stereocenters. The summed E-state index contributed by atoms with van der Waals surface area (Å²) in [5.41, 5.74) is -0.0175. The van der Waals surface area contributed by atoms with Gasteiger partial charge in [-0.15, -0.1) is 0 Å². The van der Waals surface area contributed by atoms with Crippen molar-refractivity contribution in [3.05, 3.63) is 0 Å². The van der Waals surface area contributed by atoms with Gasteiger partial charge in [0.05, 0.1) is 18.5 Å². The van der Waals surface area contributed by atoms with Crippen LogP contribution in [0.15, 0.2) is 9.98 Å². The maximum atomic E-state index is 6.26. The molecule has 0 bridgehead atoms. The second kappa shape index (κ2) is 8.39. The van der Waals surface area contributed by atoms with Crippen LogP contribution in [-0.4, -0.2) is 35.1 Å². The Labute approximate surface area is 176 Å². The Balaban J connectivity index is 0.000000960. The van der Waals surface area contributed by atoms with Crippen molar-refractivity contribution in [2.24, 2.45) is 9.98 Å². The Hall–Kier alpha value is 0.394. The summed E-state index contributed by atoms with van der Waals surface area (Å²) >= 11 is 0. The van der Waals surface area contributed by atoms with Crippen LogP contribution in [0.2, 0.25) is 0 Å². The standard InChI is InChI=1S/C17H26N2O2.2BrH.Ni/c1-12-16(7-3-4-8-16)20-14(18-12)11-15-19-13(2)17(21-15)9-5-6-10-17;;;/h12-13H,3-11H2,1-2H3;2*1H;/q;;;+2/p-2/t12-,13-;;;/m1.../s1. The summed E-state index contributed by atoms with van der Waals surface area (Å²) in [5, 5.41) is 0. The summed E-state index contributed by atoms with van der Waals surface area (Å²) in [7, 11) is 0. The third-order valence-corrected chi connectivity index (χ3v) is 6.04. The second-order valence-electron chi connectivity index (χ2n) is 7.32. The van der Waals surface area contributed by atoms with Crippen LogP contribution in [0, 0.1) is 0 Å². The van der Waals surface area contributed by atoms with Gasteiger partial charge in [-0.1, -0.05) is 0 Å². The van der Waals surface area contributed by atoms with Gasteiger partial charge in [0.15, 0.2) is 11.8 Å². The third kappa shape index (κ3) is 3.73. The normalized spacial score (nSPS) is 31.4. The molecule has 2 heterocycles. The molecule has 2 saturated carbocycles. The zero-order valence-corrected chi connectivity index (χ0v) is 18.5. The molecule has 2 aliphatic carbocycles. The minimum absolute atomic E-state index is 0. The van der Waals surface area contributed by atoms with Crippen LogP contribution in [0.4, 0.5) is 0 Å². The molecule has 4 nitrogen and oxygen atoms in total. The van der Waals surface area contributed by atoms with E-state index in [2.05, 4.69) is 13.8 Å². The van der Waals surface area contributed by atoms with Gasteiger partial charge in [-0.05, 0) is 65.2 Å². The van der Waals surface area contributed by atoms with E-state index in [1.165, 1.54) is 25.7 Å². The fourth-order valence-corrected chi connectivity index (χ4v) is 4.64. The molecule has 2 spiro atoms. The molecule has 0 N–H and O–H groups in total. The molecule has 2 aliphatic heterocycles. The van der Waals surface area contributed by atoms with E-state index in [0.717, 1.165) is 37.5 Å². The Bertz CT molecular complexity index is 457. The zero-order valence-electron chi connectivity index (χ0n) is 14.3. The topological polar surface area (TPSA) is 43.2 Å². The van der Waals surface area contributed by atoms with Crippen LogP contribution in [0.1, 0.15) is 71.6 Å². The van der Waals surface area contributed by atoms with Crippen LogP contribution >= 0.6 is 0 Å². The Morgan fingerprint density at radius 1 is 0.792 bits per heavy atom. The molecule has 4 aliphatic rings. The Morgan fingerprint density at radius 3 is 1.46 bits per heavy atom. The summed E-state index contributed by atoms with van der Waals surface area (Å²) in [4.78, 5) is 9.52. The van der Waals surface area contributed by atoms with Gasteiger partial charge in [0, 0.05) is 0 Å². The summed E-state index contributed by atoms with van der Waals surface area (Å²) in [6.07, 6.45) is 10.3. The number of ether oxygens (including phenoxy) is 2. The molecule has 140 valence electrons. The van der Waals surface area contributed by atoms with E-state index < -0.39 is 0 Å². The van der Waals surface area contributed by atoms with Crippen molar-refractivity contribution >= 4 is 11.8 Å². The summed E-state index contributed by atoms with van der Waals surface area (Å²) in [6, 6.07) is 0.574. The van der Waals surface area contributed by atoms with Gasteiger partial charge in [0.1, 0.15) is 11.2 Å². The average molecular weight is 509 g/mol. The zero-order chi connectivity index (χ0) is 14.5. The van der Waals surface area contributed by atoms with Crippen LogP contribution < -0.4 is 34.0 Å². The smallest absolute Gasteiger partial charge is 1.00 e. The first-order valence-electron chi connectivity index (χ1n) is 8.63. The van der Waals surface area contributed by atoms with Crippen LogP contribution in [0.3, 0.4) is 0 Å². The number of aliphatic imine (C=N–C) groups is 2. The molecule has 4 rings (SSSR count). The van der Waals surface area contributed by atoms with Crippen LogP contribution in [0.25, 0.3) is 0 Å². The molecular formula is C17H26Br2N2NiO2. The maximum Gasteiger partial charge on any atom is 2.00 e. The molecule has 0 saturated heterocycles. The first-order chi connectivity index (χ1) is 10.1. The van der Waals surface area contributed by atoms with Crippen molar-refractivity contribution < 1.29 is 59.9 Å². The van der Waals surface area contributed by atoms with E-state index in [1.807, 2.05) is 0 Å². The van der Waals surface area contributed by atoms with Gasteiger partial charge >= 0.3 is 16.5 Å². The molecule has 0 amide bonds. The molecule has 0 unspecified atom stereocenters. The predicted molar refractivity (Wildman–Crippen MR) is 83.0 cm³/mol. The van der Waals surface area contributed by atoms with E-state index >= 15 is 0 Å². The minimum atomic E-state index is -0.00877. The minimum Gasteiger partial charge on any atom is -1.00 e. The van der Waals surface area contributed by atoms with Crippen molar-refractivity contribution in [2.75, 3.05) is 0 Å². The summed E-state index contributed by atoms with van der Waals surface area (Å²) < 4.78 is 12.5. The fraction of sp³-hybridized carbons (Fsp3) is 0.882. The SMILES string of the molecule is C[C@H]1N=C(CC2=N[C@H](C)C3(CCCC3)O2)OC12CCCC2.[Br-].[Br-].[Ni+2]. The van der Waals surface area contributed by atoms with Gasteiger partial charge in [-0.3, -0.25) is 0 Å². The van der Waals surface area contributed by atoms with Gasteiger partial charge < -0.3 is 43.4 Å². The van der Waals surface area contributed by atoms with Crippen molar-refractivity contribution in [1.82, 2.24) is 0 Å². The van der Waals surface area contributed by atoms with Crippen molar-refractivity contribution in [2.45, 2.75) is 94.9 Å². The monoisotopic (exact) mass is 506 g/mol. The van der Waals surface area contributed by atoms with Gasteiger partial charge in [0.2, 0.25) is 0 Å².